The first kappa shape index (κ1) is 22.4. The standard InChI is InChI=1S/C25H23ClN4O3/c1-14-5-6-15(2)20(11-14)27-21(31)13-30-17(4)12-16(3)22(25(30)32)24-28-23(29-33-24)18-7-9-19(26)10-8-18/h5-12H,3,13H2,1-2,4H3,(H,27,31)(H,28,29). The van der Waals surface area contributed by atoms with Crippen LogP contribution in [0, 0.1) is 20.8 Å². The maximum atomic E-state index is 13.3. The van der Waals surface area contributed by atoms with Crippen molar-refractivity contribution < 1.29 is 9.63 Å². The number of pyridine rings is 1. The van der Waals surface area contributed by atoms with Gasteiger partial charge in [-0.2, -0.15) is 4.99 Å². The summed E-state index contributed by atoms with van der Waals surface area (Å²) < 4.78 is 1.39. The summed E-state index contributed by atoms with van der Waals surface area (Å²) in [7, 11) is 0. The van der Waals surface area contributed by atoms with Gasteiger partial charge in [0.1, 0.15) is 11.8 Å². The Kier molecular flexibility index (Phi) is 6.07. The Morgan fingerprint density at radius 1 is 1.15 bits per heavy atom. The Labute approximate surface area is 195 Å². The molecule has 33 heavy (non-hydrogen) atoms. The molecule has 1 aliphatic heterocycles. The van der Waals surface area contributed by atoms with Crippen LogP contribution in [-0.4, -0.2) is 16.3 Å². The lowest BCUT2D eigenvalue weighted by Crippen LogP contribution is -2.47. The first-order valence-corrected chi connectivity index (χ1v) is 10.7. The maximum absolute atomic E-state index is 13.3. The number of amidine groups is 1. The third kappa shape index (κ3) is 4.68. The third-order valence-electron chi connectivity index (χ3n) is 5.35. The van der Waals surface area contributed by atoms with Crippen molar-refractivity contribution in [2.75, 3.05) is 5.32 Å². The van der Waals surface area contributed by atoms with Crippen LogP contribution >= 0.6 is 11.6 Å². The summed E-state index contributed by atoms with van der Waals surface area (Å²) in [4.78, 5) is 36.0. The van der Waals surface area contributed by atoms with E-state index in [1.54, 1.807) is 37.3 Å². The largest absolute Gasteiger partial charge is 0.359 e. The molecule has 0 radical (unpaired) electrons. The van der Waals surface area contributed by atoms with Crippen LogP contribution in [0.2, 0.25) is 5.02 Å². The highest BCUT2D eigenvalue weighted by Crippen LogP contribution is 2.16. The van der Waals surface area contributed by atoms with Gasteiger partial charge in [0.25, 0.3) is 11.4 Å². The first-order valence-electron chi connectivity index (χ1n) is 10.3. The minimum absolute atomic E-state index is 0.0960. The van der Waals surface area contributed by atoms with Crippen LogP contribution in [0.3, 0.4) is 0 Å². The van der Waals surface area contributed by atoms with Crippen molar-refractivity contribution in [3.63, 3.8) is 0 Å². The minimum Gasteiger partial charge on any atom is -0.359 e. The first-order chi connectivity index (χ1) is 15.7. The molecule has 0 unspecified atom stereocenters. The van der Waals surface area contributed by atoms with E-state index in [9.17, 15) is 9.59 Å². The van der Waals surface area contributed by atoms with Gasteiger partial charge >= 0.3 is 0 Å². The zero-order valence-electron chi connectivity index (χ0n) is 18.5. The normalized spacial score (nSPS) is 14.4. The number of carbonyl (C=O) groups excluding carboxylic acids is 1. The van der Waals surface area contributed by atoms with Gasteiger partial charge in [0.2, 0.25) is 5.91 Å². The van der Waals surface area contributed by atoms with E-state index in [-0.39, 0.29) is 23.6 Å². The summed E-state index contributed by atoms with van der Waals surface area (Å²) in [6.45, 7) is 9.45. The molecule has 0 atom stereocenters. The van der Waals surface area contributed by atoms with E-state index in [0.29, 0.717) is 21.8 Å². The highest BCUT2D eigenvalue weighted by molar-refractivity contribution is 6.30. The van der Waals surface area contributed by atoms with Gasteiger partial charge in [-0.25, -0.2) is 5.48 Å². The average Bonchev–Trinajstić information content (AvgIpc) is 3.24. The summed E-state index contributed by atoms with van der Waals surface area (Å²) in [5.41, 5.74) is 6.37. The van der Waals surface area contributed by atoms with Crippen molar-refractivity contribution in [2.24, 2.45) is 4.99 Å². The molecule has 0 fully saturated rings. The average molecular weight is 463 g/mol. The number of amides is 1. The molecular weight excluding hydrogens is 440 g/mol. The monoisotopic (exact) mass is 462 g/mol. The maximum Gasteiger partial charge on any atom is 0.264 e. The quantitative estimate of drug-likeness (QED) is 0.624. The predicted octanol–water partition coefficient (Wildman–Crippen LogP) is 2.52. The summed E-state index contributed by atoms with van der Waals surface area (Å²) in [5.74, 6) is 0.233. The van der Waals surface area contributed by atoms with Gasteiger partial charge in [-0.1, -0.05) is 30.3 Å². The van der Waals surface area contributed by atoms with Gasteiger partial charge in [0.05, 0.1) is 0 Å². The molecule has 3 aromatic rings. The lowest BCUT2D eigenvalue weighted by atomic mass is 10.1. The van der Waals surface area contributed by atoms with Crippen molar-refractivity contribution in [1.82, 2.24) is 10.0 Å². The smallest absolute Gasteiger partial charge is 0.264 e. The summed E-state index contributed by atoms with van der Waals surface area (Å²) >= 11 is 5.94. The molecule has 1 aliphatic rings. The second-order valence-corrected chi connectivity index (χ2v) is 8.36. The molecule has 0 bridgehead atoms. The van der Waals surface area contributed by atoms with Gasteiger partial charge in [-0.05, 0) is 73.5 Å². The second-order valence-electron chi connectivity index (χ2n) is 7.92. The SMILES string of the molecule is C=c1cc(C)n(CC(=O)Nc2cc(C)ccc2C)c(=O)c1=C1N=C(c2ccc(Cl)cc2)NO1. The van der Waals surface area contributed by atoms with E-state index in [2.05, 4.69) is 22.4 Å². The van der Waals surface area contributed by atoms with E-state index in [1.807, 2.05) is 32.0 Å². The lowest BCUT2D eigenvalue weighted by molar-refractivity contribution is -0.116. The van der Waals surface area contributed by atoms with E-state index >= 15 is 0 Å². The van der Waals surface area contributed by atoms with Crippen molar-refractivity contribution in [1.29, 1.82) is 0 Å². The Morgan fingerprint density at radius 2 is 1.88 bits per heavy atom. The fourth-order valence-electron chi connectivity index (χ4n) is 3.55. The number of halogens is 1. The second kappa shape index (κ2) is 8.96. The van der Waals surface area contributed by atoms with Crippen molar-refractivity contribution >= 4 is 41.5 Å². The van der Waals surface area contributed by atoms with Gasteiger partial charge in [-0.15, -0.1) is 0 Å². The fraction of sp³-hybridized carbons (Fsp3) is 0.160. The molecular formula is C25H23ClN4O3. The molecule has 0 saturated carbocycles. The number of rotatable bonds is 4. The molecule has 7 nitrogen and oxygen atoms in total. The molecule has 4 rings (SSSR count). The van der Waals surface area contributed by atoms with Crippen LogP contribution in [0.1, 0.15) is 22.4 Å². The zero-order valence-corrected chi connectivity index (χ0v) is 19.3. The van der Waals surface area contributed by atoms with E-state index in [4.69, 9.17) is 16.4 Å². The molecule has 0 saturated heterocycles. The number of nitrogens with zero attached hydrogens (tertiary/aromatic N) is 2. The number of hydrogen-bond donors (Lipinski definition) is 2. The van der Waals surface area contributed by atoms with E-state index in [0.717, 1.165) is 22.4 Å². The Balaban J connectivity index is 1.70. The number of aliphatic imine (C=N–C) groups is 1. The minimum atomic E-state index is -0.408. The van der Waals surface area contributed by atoms with E-state index in [1.165, 1.54) is 4.57 Å². The molecule has 2 heterocycles. The Morgan fingerprint density at radius 3 is 2.61 bits per heavy atom. The molecule has 1 aromatic heterocycles. The number of benzene rings is 2. The summed E-state index contributed by atoms with van der Waals surface area (Å²) in [6.07, 6.45) is 0. The number of aryl methyl sites for hydroxylation is 3. The number of carbonyl (C=O) groups is 1. The molecule has 2 aromatic carbocycles. The Hall–Kier alpha value is -3.84. The van der Waals surface area contributed by atoms with Gasteiger partial charge in [-0.3, -0.25) is 9.59 Å². The molecule has 2 N–H and O–H groups in total. The van der Waals surface area contributed by atoms with Crippen molar-refractivity contribution in [3.8, 4) is 0 Å². The van der Waals surface area contributed by atoms with Crippen LogP contribution in [0.4, 0.5) is 5.69 Å². The number of anilines is 1. The predicted molar refractivity (Wildman–Crippen MR) is 130 cm³/mol. The van der Waals surface area contributed by atoms with Gasteiger partial charge < -0.3 is 14.7 Å². The lowest BCUT2D eigenvalue weighted by Gasteiger charge is -2.13. The van der Waals surface area contributed by atoms with Crippen LogP contribution in [0.15, 0.2) is 58.3 Å². The topological polar surface area (TPSA) is 84.7 Å². The molecule has 1 amide bonds. The zero-order chi connectivity index (χ0) is 23.7. The highest BCUT2D eigenvalue weighted by Gasteiger charge is 2.18. The van der Waals surface area contributed by atoms with E-state index < -0.39 is 5.56 Å². The van der Waals surface area contributed by atoms with Crippen LogP contribution in [0.25, 0.3) is 12.5 Å². The number of nitrogens with one attached hydrogen (secondary N) is 2. The molecule has 8 heteroatoms. The van der Waals surface area contributed by atoms with Crippen LogP contribution in [0.5, 0.6) is 0 Å². The van der Waals surface area contributed by atoms with Gasteiger partial charge in [0, 0.05) is 22.0 Å². The highest BCUT2D eigenvalue weighted by atomic mass is 35.5. The van der Waals surface area contributed by atoms with Crippen LogP contribution < -0.4 is 26.8 Å². The van der Waals surface area contributed by atoms with Gasteiger partial charge in [0.15, 0.2) is 5.84 Å². The number of hydrogen-bond acceptors (Lipinski definition) is 5. The third-order valence-corrected chi connectivity index (χ3v) is 5.60. The molecule has 0 spiro atoms. The Bertz CT molecular complexity index is 1460. The number of aromatic nitrogens is 1. The fourth-order valence-corrected chi connectivity index (χ4v) is 3.67. The molecule has 0 aliphatic carbocycles. The van der Waals surface area contributed by atoms with Crippen LogP contribution in [-0.2, 0) is 16.2 Å². The van der Waals surface area contributed by atoms with Crippen molar-refractivity contribution in [3.05, 3.63) is 96.7 Å². The molecule has 168 valence electrons. The summed E-state index contributed by atoms with van der Waals surface area (Å²) in [6, 6.07) is 14.6. The summed E-state index contributed by atoms with van der Waals surface area (Å²) in [5, 5.41) is 4.14. The number of hydroxylamine groups is 1. The van der Waals surface area contributed by atoms with Crippen molar-refractivity contribution in [2.45, 2.75) is 27.3 Å².